The summed E-state index contributed by atoms with van der Waals surface area (Å²) in [7, 11) is 0. The van der Waals surface area contributed by atoms with E-state index < -0.39 is 5.60 Å². The molecule has 1 heterocycles. The summed E-state index contributed by atoms with van der Waals surface area (Å²) in [6.07, 6.45) is 0.349. The Balaban J connectivity index is 1.56. The summed E-state index contributed by atoms with van der Waals surface area (Å²) in [6, 6.07) is 23.7. The van der Waals surface area contributed by atoms with Gasteiger partial charge in [-0.05, 0) is 34.4 Å². The van der Waals surface area contributed by atoms with E-state index in [4.69, 9.17) is 27.9 Å². The van der Waals surface area contributed by atoms with Gasteiger partial charge in [0.1, 0.15) is 12.2 Å². The molecule has 1 saturated heterocycles. The van der Waals surface area contributed by atoms with Gasteiger partial charge in [0.2, 0.25) is 5.91 Å². The summed E-state index contributed by atoms with van der Waals surface area (Å²) in [5.74, 6) is -0.0826. The van der Waals surface area contributed by atoms with Gasteiger partial charge in [-0.1, -0.05) is 83.9 Å². The minimum atomic E-state index is -0.832. The molecule has 0 aromatic heterocycles. The van der Waals surface area contributed by atoms with Crippen LogP contribution in [0, 0.1) is 0 Å². The van der Waals surface area contributed by atoms with Gasteiger partial charge in [0.25, 0.3) is 0 Å². The number of halogens is 2. The van der Waals surface area contributed by atoms with E-state index >= 15 is 0 Å². The Kier molecular flexibility index (Phi) is 6.63. The lowest BCUT2D eigenvalue weighted by atomic mass is 9.88. The van der Waals surface area contributed by atoms with Crippen molar-refractivity contribution >= 4 is 29.1 Å². The highest BCUT2D eigenvalue weighted by atomic mass is 35.5. The number of benzene rings is 3. The summed E-state index contributed by atoms with van der Waals surface area (Å²) < 4.78 is 5.99. The van der Waals surface area contributed by atoms with Crippen LogP contribution in [0.5, 0.6) is 0 Å². The summed E-state index contributed by atoms with van der Waals surface area (Å²) in [5, 5.41) is 10.6. The first-order valence-electron chi connectivity index (χ1n) is 10.1. The Bertz CT molecular complexity index is 1060. The monoisotopic (exact) mass is 455 g/mol. The van der Waals surface area contributed by atoms with Crippen molar-refractivity contribution in [1.29, 1.82) is 0 Å². The van der Waals surface area contributed by atoms with E-state index in [2.05, 4.69) is 24.3 Å². The summed E-state index contributed by atoms with van der Waals surface area (Å²) in [5.41, 5.74) is 3.27. The van der Waals surface area contributed by atoms with Gasteiger partial charge in [0.05, 0.1) is 16.6 Å². The molecule has 1 atom stereocenters. The van der Waals surface area contributed by atoms with Gasteiger partial charge >= 0.3 is 0 Å². The minimum absolute atomic E-state index is 0.0532. The molecule has 0 saturated carbocycles. The highest BCUT2D eigenvalue weighted by Crippen LogP contribution is 2.37. The normalized spacial score (nSPS) is 18.9. The first kappa shape index (κ1) is 21.8. The molecule has 0 bridgehead atoms. The molecule has 1 fully saturated rings. The van der Waals surface area contributed by atoms with Crippen LogP contribution < -0.4 is 0 Å². The van der Waals surface area contributed by atoms with E-state index in [0.717, 1.165) is 22.3 Å². The molecule has 1 aliphatic heterocycles. The fraction of sp³-hybridized carbons (Fsp3) is 0.240. The maximum Gasteiger partial charge on any atom is 0.249 e. The first-order valence-corrected chi connectivity index (χ1v) is 10.9. The van der Waals surface area contributed by atoms with Gasteiger partial charge in [-0.15, -0.1) is 0 Å². The van der Waals surface area contributed by atoms with Gasteiger partial charge < -0.3 is 14.7 Å². The summed E-state index contributed by atoms with van der Waals surface area (Å²) in [6.45, 7) is 0.660. The molecule has 4 nitrogen and oxygen atoms in total. The highest BCUT2D eigenvalue weighted by Gasteiger charge is 2.41. The lowest BCUT2D eigenvalue weighted by Crippen LogP contribution is -2.52. The average molecular weight is 456 g/mol. The molecular formula is C25H23Cl2NO3. The molecular weight excluding hydrogens is 433 g/mol. The number of carbonyl (C=O) groups is 1. The largest absolute Gasteiger partial charge is 0.396 e. The first-order chi connectivity index (χ1) is 15.0. The predicted molar refractivity (Wildman–Crippen MR) is 123 cm³/mol. The van der Waals surface area contributed by atoms with Crippen LogP contribution in [0.1, 0.15) is 17.5 Å². The maximum absolute atomic E-state index is 12.6. The lowest BCUT2D eigenvalue weighted by Gasteiger charge is -2.43. The fourth-order valence-electron chi connectivity index (χ4n) is 3.96. The van der Waals surface area contributed by atoms with Crippen LogP contribution in [0.4, 0.5) is 0 Å². The molecule has 4 rings (SSSR count). The number of carbonyl (C=O) groups excluding carboxylic acids is 1. The Labute approximate surface area is 192 Å². The van der Waals surface area contributed by atoms with Crippen molar-refractivity contribution in [1.82, 2.24) is 4.90 Å². The van der Waals surface area contributed by atoms with Crippen LogP contribution >= 0.6 is 23.2 Å². The number of nitrogens with zero attached hydrogens (tertiary/aromatic N) is 1. The molecule has 160 valence electrons. The quantitative estimate of drug-likeness (QED) is 0.548. The van der Waals surface area contributed by atoms with E-state index in [9.17, 15) is 9.90 Å². The van der Waals surface area contributed by atoms with Crippen molar-refractivity contribution in [2.75, 3.05) is 19.8 Å². The molecule has 31 heavy (non-hydrogen) atoms. The second kappa shape index (κ2) is 9.41. The topological polar surface area (TPSA) is 49.8 Å². The third kappa shape index (κ3) is 4.78. The molecule has 0 radical (unpaired) electrons. The number of aliphatic hydroxyl groups excluding tert-OH is 1. The van der Waals surface area contributed by atoms with Crippen molar-refractivity contribution in [2.24, 2.45) is 0 Å². The van der Waals surface area contributed by atoms with Crippen LogP contribution in [-0.4, -0.2) is 35.7 Å². The number of amides is 1. The minimum Gasteiger partial charge on any atom is -0.396 e. The van der Waals surface area contributed by atoms with E-state index in [1.54, 1.807) is 17.0 Å². The lowest BCUT2D eigenvalue weighted by molar-refractivity contribution is -0.169. The van der Waals surface area contributed by atoms with E-state index in [-0.39, 0.29) is 19.1 Å². The van der Waals surface area contributed by atoms with Crippen molar-refractivity contribution in [3.63, 3.8) is 0 Å². The number of rotatable bonds is 6. The Morgan fingerprint density at radius 3 is 2.32 bits per heavy atom. The number of hydrogen-bond donors (Lipinski definition) is 1. The summed E-state index contributed by atoms with van der Waals surface area (Å²) >= 11 is 12.3. The molecule has 1 N–H and O–H groups in total. The average Bonchev–Trinajstić information content (AvgIpc) is 2.79. The van der Waals surface area contributed by atoms with Crippen molar-refractivity contribution in [3.8, 4) is 11.1 Å². The fourth-order valence-corrected chi connectivity index (χ4v) is 4.26. The SMILES string of the molecule is O=C1COC(CCO)(c2ccc(Cl)c(Cl)c2)CN1Cc1ccc(-c2ccccc2)cc1. The highest BCUT2D eigenvalue weighted by molar-refractivity contribution is 6.42. The Hall–Kier alpha value is -2.37. The molecule has 1 aliphatic rings. The summed E-state index contributed by atoms with van der Waals surface area (Å²) in [4.78, 5) is 14.4. The third-order valence-corrected chi connectivity index (χ3v) is 6.41. The van der Waals surface area contributed by atoms with Crippen molar-refractivity contribution < 1.29 is 14.6 Å². The van der Waals surface area contributed by atoms with Gasteiger partial charge in [-0.2, -0.15) is 0 Å². The van der Waals surface area contributed by atoms with Crippen LogP contribution in [0.15, 0.2) is 72.8 Å². The molecule has 0 spiro atoms. The molecule has 0 aliphatic carbocycles. The van der Waals surface area contributed by atoms with Gasteiger partial charge in [-0.3, -0.25) is 4.79 Å². The second-order valence-corrected chi connectivity index (χ2v) is 8.51. The third-order valence-electron chi connectivity index (χ3n) is 5.67. The zero-order valence-electron chi connectivity index (χ0n) is 16.9. The molecule has 1 unspecified atom stereocenters. The van der Waals surface area contributed by atoms with Crippen LogP contribution in [0.2, 0.25) is 10.0 Å². The molecule has 6 heteroatoms. The maximum atomic E-state index is 12.6. The van der Waals surface area contributed by atoms with Crippen molar-refractivity contribution in [3.05, 3.63) is 94.0 Å². The number of aliphatic hydroxyl groups is 1. The van der Waals surface area contributed by atoms with Crippen LogP contribution in [0.3, 0.4) is 0 Å². The number of ether oxygens (including phenoxy) is 1. The molecule has 3 aromatic rings. The Morgan fingerprint density at radius 1 is 0.935 bits per heavy atom. The second-order valence-electron chi connectivity index (χ2n) is 7.70. The smallest absolute Gasteiger partial charge is 0.249 e. The van der Waals surface area contributed by atoms with E-state index in [0.29, 0.717) is 29.6 Å². The van der Waals surface area contributed by atoms with E-state index in [1.807, 2.05) is 36.4 Å². The number of hydrogen-bond acceptors (Lipinski definition) is 3. The van der Waals surface area contributed by atoms with Crippen LogP contribution in [0.25, 0.3) is 11.1 Å². The standard InChI is InChI=1S/C25H23Cl2NO3/c26-22-11-10-21(14-23(22)27)25(12-13-29)17-28(24(30)16-31-25)15-18-6-8-20(9-7-18)19-4-2-1-3-5-19/h1-11,14,29H,12-13,15-17H2. The van der Waals surface area contributed by atoms with Crippen LogP contribution in [-0.2, 0) is 21.7 Å². The van der Waals surface area contributed by atoms with Gasteiger partial charge in [0, 0.05) is 19.6 Å². The van der Waals surface area contributed by atoms with Crippen molar-refractivity contribution in [2.45, 2.75) is 18.6 Å². The number of morpholine rings is 1. The zero-order chi connectivity index (χ0) is 21.8. The van der Waals surface area contributed by atoms with Gasteiger partial charge in [-0.25, -0.2) is 0 Å². The zero-order valence-corrected chi connectivity index (χ0v) is 18.4. The van der Waals surface area contributed by atoms with Gasteiger partial charge in [0.15, 0.2) is 0 Å². The predicted octanol–water partition coefficient (Wildman–Crippen LogP) is 5.30. The molecule has 3 aromatic carbocycles. The Morgan fingerprint density at radius 2 is 1.65 bits per heavy atom. The molecule has 1 amide bonds. The van der Waals surface area contributed by atoms with E-state index in [1.165, 1.54) is 0 Å².